The Balaban J connectivity index is 1.50. The summed E-state index contributed by atoms with van der Waals surface area (Å²) in [5, 5.41) is 2.80. The number of anilines is 2. The highest BCUT2D eigenvalue weighted by Crippen LogP contribution is 2.18. The minimum absolute atomic E-state index is 0.0418. The van der Waals surface area contributed by atoms with Crippen molar-refractivity contribution < 1.29 is 28.8 Å². The Morgan fingerprint density at radius 1 is 1.11 bits per heavy atom. The van der Waals surface area contributed by atoms with Crippen molar-refractivity contribution in [2.24, 2.45) is 0 Å². The Bertz CT molecular complexity index is 775. The summed E-state index contributed by atoms with van der Waals surface area (Å²) in [6.07, 6.45) is 0. The summed E-state index contributed by atoms with van der Waals surface area (Å²) in [5.41, 5.74) is 1.74. The number of morpholine rings is 1. The number of quaternary nitrogens is 1. The summed E-state index contributed by atoms with van der Waals surface area (Å²) in [4.78, 5) is 51.9. The Morgan fingerprint density at radius 3 is 2.32 bits per heavy atom. The predicted molar refractivity (Wildman–Crippen MR) is 99.7 cm³/mol. The van der Waals surface area contributed by atoms with Gasteiger partial charge in [-0.25, -0.2) is 9.69 Å². The lowest BCUT2D eigenvalue weighted by molar-refractivity contribution is -0.878. The highest BCUT2D eigenvalue weighted by atomic mass is 16.5. The van der Waals surface area contributed by atoms with Gasteiger partial charge in [-0.3, -0.25) is 19.3 Å². The molecule has 0 radical (unpaired) electrons. The van der Waals surface area contributed by atoms with Crippen LogP contribution in [0.4, 0.5) is 16.2 Å². The fraction of sp³-hybridized carbons (Fsp3) is 0.444. The van der Waals surface area contributed by atoms with E-state index in [1.54, 1.807) is 7.05 Å². The molecule has 2 aliphatic rings. The second-order valence-electron chi connectivity index (χ2n) is 6.87. The quantitative estimate of drug-likeness (QED) is 0.446. The van der Waals surface area contributed by atoms with Gasteiger partial charge < -0.3 is 19.9 Å². The van der Waals surface area contributed by atoms with E-state index in [4.69, 9.17) is 4.74 Å². The second-order valence-corrected chi connectivity index (χ2v) is 6.87. The van der Waals surface area contributed by atoms with Crippen molar-refractivity contribution in [3.05, 3.63) is 24.3 Å². The maximum Gasteiger partial charge on any atom is 0.338 e. The van der Waals surface area contributed by atoms with Crippen molar-refractivity contribution in [1.82, 2.24) is 9.80 Å². The van der Waals surface area contributed by atoms with E-state index in [9.17, 15) is 19.2 Å². The van der Waals surface area contributed by atoms with Crippen molar-refractivity contribution in [3.63, 3.8) is 0 Å². The average Bonchev–Trinajstić information content (AvgIpc) is 2.87. The molecule has 2 aliphatic heterocycles. The number of nitrogens with zero attached hydrogens (tertiary/aromatic N) is 3. The number of ether oxygens (including phenoxy) is 1. The number of amides is 5. The van der Waals surface area contributed by atoms with E-state index in [0.29, 0.717) is 23.8 Å². The first-order valence-electron chi connectivity index (χ1n) is 9.04. The molecule has 1 atom stereocenters. The molecule has 0 aliphatic carbocycles. The van der Waals surface area contributed by atoms with E-state index in [0.717, 1.165) is 28.6 Å². The zero-order valence-corrected chi connectivity index (χ0v) is 15.9. The van der Waals surface area contributed by atoms with Gasteiger partial charge in [0.05, 0.1) is 20.3 Å². The zero-order valence-electron chi connectivity index (χ0n) is 15.9. The Labute approximate surface area is 162 Å². The number of hydrogen-bond donors (Lipinski definition) is 2. The summed E-state index contributed by atoms with van der Waals surface area (Å²) in [7, 11) is 2.93. The Kier molecular flexibility index (Phi) is 5.90. The fourth-order valence-corrected chi connectivity index (χ4v) is 3.14. The molecule has 2 heterocycles. The van der Waals surface area contributed by atoms with Crippen LogP contribution < -0.4 is 15.1 Å². The van der Waals surface area contributed by atoms with Gasteiger partial charge in [-0.15, -0.1) is 0 Å². The van der Waals surface area contributed by atoms with Crippen LogP contribution in [0.25, 0.3) is 0 Å². The molecular formula is C18H24N5O5+. The number of nitrogens with one attached hydrogen (secondary N) is 2. The van der Waals surface area contributed by atoms with E-state index in [2.05, 4.69) is 10.2 Å². The van der Waals surface area contributed by atoms with Crippen LogP contribution in [0.5, 0.6) is 0 Å². The summed E-state index contributed by atoms with van der Waals surface area (Å²) in [6.45, 7) is 3.07. The van der Waals surface area contributed by atoms with Crippen LogP contribution in [0.15, 0.2) is 24.3 Å². The molecule has 28 heavy (non-hydrogen) atoms. The predicted octanol–water partition coefficient (Wildman–Crippen LogP) is -1.65. The SMILES string of the molecule is CN1C(=O)C(=O)N(C[NH+](C)CC(=O)Nc2ccc(N3CCOCC3)cc2)C1=O. The number of hydrogen-bond acceptors (Lipinski definition) is 6. The van der Waals surface area contributed by atoms with Crippen LogP contribution in [0.1, 0.15) is 0 Å². The molecule has 0 aromatic heterocycles. The summed E-state index contributed by atoms with van der Waals surface area (Å²) in [5.74, 6) is -1.98. The van der Waals surface area contributed by atoms with Crippen LogP contribution >= 0.6 is 0 Å². The molecule has 3 rings (SSSR count). The minimum atomic E-state index is -0.869. The molecule has 10 nitrogen and oxygen atoms in total. The number of carbonyl (C=O) groups is 4. The van der Waals surface area contributed by atoms with Crippen molar-refractivity contribution in [2.45, 2.75) is 0 Å². The van der Waals surface area contributed by atoms with Crippen LogP contribution in [-0.2, 0) is 19.1 Å². The van der Waals surface area contributed by atoms with Crippen LogP contribution in [0.2, 0.25) is 0 Å². The topological polar surface area (TPSA) is 104 Å². The monoisotopic (exact) mass is 390 g/mol. The maximum atomic E-state index is 12.3. The first-order chi connectivity index (χ1) is 13.4. The number of benzene rings is 1. The highest BCUT2D eigenvalue weighted by Gasteiger charge is 2.43. The molecule has 0 saturated carbocycles. The normalized spacial score (nSPS) is 18.6. The maximum absolute atomic E-state index is 12.3. The van der Waals surface area contributed by atoms with Crippen molar-refractivity contribution >= 4 is 35.1 Å². The van der Waals surface area contributed by atoms with E-state index in [1.807, 2.05) is 24.3 Å². The molecule has 2 fully saturated rings. The molecular weight excluding hydrogens is 366 g/mol. The van der Waals surface area contributed by atoms with Crippen molar-refractivity contribution in [1.29, 1.82) is 0 Å². The average molecular weight is 390 g/mol. The third-order valence-electron chi connectivity index (χ3n) is 4.67. The summed E-state index contributed by atoms with van der Waals surface area (Å²) in [6, 6.07) is 6.88. The molecule has 10 heteroatoms. The van der Waals surface area contributed by atoms with Gasteiger partial charge in [-0.1, -0.05) is 0 Å². The number of likely N-dealkylation sites (N-methyl/N-ethyl adjacent to an activating group) is 2. The van der Waals surface area contributed by atoms with Crippen LogP contribution in [0.3, 0.4) is 0 Å². The number of carbonyl (C=O) groups excluding carboxylic acids is 4. The molecule has 5 amide bonds. The molecule has 150 valence electrons. The molecule has 1 aromatic carbocycles. The molecule has 1 aromatic rings. The molecule has 2 N–H and O–H groups in total. The first kappa shape index (κ1) is 19.8. The van der Waals surface area contributed by atoms with Gasteiger partial charge in [-0.2, -0.15) is 0 Å². The first-order valence-corrected chi connectivity index (χ1v) is 9.04. The van der Waals surface area contributed by atoms with E-state index in [-0.39, 0.29) is 19.1 Å². The number of urea groups is 1. The van der Waals surface area contributed by atoms with E-state index >= 15 is 0 Å². The van der Waals surface area contributed by atoms with E-state index < -0.39 is 17.8 Å². The smallest absolute Gasteiger partial charge is 0.338 e. The Hall–Kier alpha value is -2.98. The zero-order chi connectivity index (χ0) is 20.3. The molecule has 2 saturated heterocycles. The highest BCUT2D eigenvalue weighted by molar-refractivity contribution is 6.44. The second kappa shape index (κ2) is 8.36. The number of rotatable bonds is 6. The van der Waals surface area contributed by atoms with Gasteiger partial charge in [0, 0.05) is 31.5 Å². The van der Waals surface area contributed by atoms with Gasteiger partial charge in [0.2, 0.25) is 0 Å². The van der Waals surface area contributed by atoms with Crippen molar-refractivity contribution in [2.75, 3.05) is 63.8 Å². The van der Waals surface area contributed by atoms with Gasteiger partial charge in [-0.05, 0) is 24.3 Å². The fourth-order valence-electron chi connectivity index (χ4n) is 3.14. The lowest BCUT2D eigenvalue weighted by Crippen LogP contribution is -3.11. The summed E-state index contributed by atoms with van der Waals surface area (Å²) < 4.78 is 5.34. The largest absolute Gasteiger partial charge is 0.378 e. The van der Waals surface area contributed by atoms with Gasteiger partial charge in [0.25, 0.3) is 5.91 Å². The minimum Gasteiger partial charge on any atom is -0.378 e. The van der Waals surface area contributed by atoms with Gasteiger partial charge >= 0.3 is 17.8 Å². The van der Waals surface area contributed by atoms with Gasteiger partial charge in [0.15, 0.2) is 13.2 Å². The third-order valence-corrected chi connectivity index (χ3v) is 4.67. The molecule has 1 unspecified atom stereocenters. The molecule has 0 spiro atoms. The third kappa shape index (κ3) is 4.29. The lowest BCUT2D eigenvalue weighted by atomic mass is 10.2. The lowest BCUT2D eigenvalue weighted by Gasteiger charge is -2.28. The molecule has 0 bridgehead atoms. The standard InChI is InChI=1S/C18H23N5O5/c1-20(12-23-17(26)16(25)21(2)18(23)27)11-15(24)19-13-3-5-14(6-4-13)22-7-9-28-10-8-22/h3-6H,7-12H2,1-2H3,(H,19,24)/p+1. The number of imide groups is 2. The summed E-state index contributed by atoms with van der Waals surface area (Å²) >= 11 is 0. The van der Waals surface area contributed by atoms with Crippen LogP contribution in [-0.4, -0.2) is 87.2 Å². The van der Waals surface area contributed by atoms with Gasteiger partial charge in [0.1, 0.15) is 0 Å². The van der Waals surface area contributed by atoms with Crippen molar-refractivity contribution in [3.8, 4) is 0 Å². The van der Waals surface area contributed by atoms with E-state index in [1.165, 1.54) is 7.05 Å². The Morgan fingerprint density at radius 2 is 1.75 bits per heavy atom. The van der Waals surface area contributed by atoms with Crippen LogP contribution in [0, 0.1) is 0 Å².